The van der Waals surface area contributed by atoms with Gasteiger partial charge in [-0.2, -0.15) is 0 Å². The molecule has 32 heavy (non-hydrogen) atoms. The second-order valence-corrected chi connectivity index (χ2v) is 10.5. The second kappa shape index (κ2) is 7.73. The van der Waals surface area contributed by atoms with Gasteiger partial charge in [-0.3, -0.25) is 4.79 Å². The quantitative estimate of drug-likeness (QED) is 0.567. The SMILES string of the molecule is Cn1cc(CN2C(=S)N(CC3CCCCC3)[C@H]3[C@H]2[C@H]2OC(=O)[C@H]3C[C@H]2O)c2ccccc21. The number of benzene rings is 1. The monoisotopic (exact) mass is 453 g/mol. The predicted molar refractivity (Wildman–Crippen MR) is 126 cm³/mol. The molecule has 3 aliphatic heterocycles. The minimum Gasteiger partial charge on any atom is -0.457 e. The lowest BCUT2D eigenvalue weighted by atomic mass is 9.74. The summed E-state index contributed by atoms with van der Waals surface area (Å²) >= 11 is 6.08. The number of aliphatic hydroxyl groups excluding tert-OH is 1. The van der Waals surface area contributed by atoms with Gasteiger partial charge in [0, 0.05) is 37.2 Å². The molecular formula is C25H31N3O3S. The zero-order valence-corrected chi connectivity index (χ0v) is 19.3. The summed E-state index contributed by atoms with van der Waals surface area (Å²) in [5, 5.41) is 12.8. The Morgan fingerprint density at radius 1 is 1.12 bits per heavy atom. The number of fused-ring (bicyclic) bond motifs is 3. The number of thiocarbonyl (C=S) groups is 1. The van der Waals surface area contributed by atoms with Gasteiger partial charge in [-0.25, -0.2) is 0 Å². The first kappa shape index (κ1) is 20.5. The van der Waals surface area contributed by atoms with Crippen molar-refractivity contribution < 1.29 is 14.6 Å². The molecule has 2 aromatic rings. The Labute approximate surface area is 194 Å². The van der Waals surface area contributed by atoms with Crippen LogP contribution in [-0.2, 0) is 23.1 Å². The molecule has 5 fully saturated rings. The van der Waals surface area contributed by atoms with Crippen LogP contribution in [0.4, 0.5) is 0 Å². The molecule has 0 amide bonds. The van der Waals surface area contributed by atoms with E-state index in [1.807, 2.05) is 0 Å². The van der Waals surface area contributed by atoms with Gasteiger partial charge in [-0.05, 0) is 49.0 Å². The Morgan fingerprint density at radius 3 is 2.72 bits per heavy atom. The van der Waals surface area contributed by atoms with Crippen molar-refractivity contribution in [2.45, 2.75) is 69.4 Å². The van der Waals surface area contributed by atoms with Crippen molar-refractivity contribution in [3.8, 4) is 0 Å². The summed E-state index contributed by atoms with van der Waals surface area (Å²) < 4.78 is 7.89. The molecule has 2 aliphatic carbocycles. The number of carbonyl (C=O) groups is 1. The van der Waals surface area contributed by atoms with Crippen molar-refractivity contribution >= 4 is 34.2 Å². The van der Waals surface area contributed by atoms with Crippen LogP contribution in [0.15, 0.2) is 30.5 Å². The molecule has 6 nitrogen and oxygen atoms in total. The molecule has 1 aromatic heterocycles. The van der Waals surface area contributed by atoms with Gasteiger partial charge in [0.05, 0.1) is 24.1 Å². The number of hydrogen-bond donors (Lipinski definition) is 1. The van der Waals surface area contributed by atoms with Gasteiger partial charge in [0.25, 0.3) is 0 Å². The minimum atomic E-state index is -0.619. The van der Waals surface area contributed by atoms with Gasteiger partial charge in [0.15, 0.2) is 5.11 Å². The summed E-state index contributed by atoms with van der Waals surface area (Å²) in [6, 6.07) is 8.34. The van der Waals surface area contributed by atoms with Crippen LogP contribution in [0.5, 0.6) is 0 Å². The van der Waals surface area contributed by atoms with Crippen LogP contribution in [0.2, 0.25) is 0 Å². The van der Waals surface area contributed by atoms with Crippen LogP contribution < -0.4 is 0 Å². The van der Waals surface area contributed by atoms with Crippen LogP contribution in [-0.4, -0.2) is 61.4 Å². The fraction of sp³-hybridized carbons (Fsp3) is 0.600. The molecule has 5 atom stereocenters. The van der Waals surface area contributed by atoms with Gasteiger partial charge >= 0.3 is 5.97 Å². The van der Waals surface area contributed by atoms with E-state index >= 15 is 0 Å². The van der Waals surface area contributed by atoms with E-state index in [-0.39, 0.29) is 24.0 Å². The van der Waals surface area contributed by atoms with Crippen LogP contribution in [0, 0.1) is 11.8 Å². The maximum atomic E-state index is 12.7. The third-order valence-electron chi connectivity index (χ3n) is 8.24. The maximum absolute atomic E-state index is 12.7. The number of aliphatic hydroxyl groups is 1. The van der Waals surface area contributed by atoms with E-state index in [0.29, 0.717) is 18.9 Å². The number of hydrogen-bond acceptors (Lipinski definition) is 4. The summed E-state index contributed by atoms with van der Waals surface area (Å²) in [6.07, 6.45) is 7.89. The first-order valence-electron chi connectivity index (χ1n) is 12.0. The number of esters is 1. The largest absolute Gasteiger partial charge is 0.457 e. The smallest absolute Gasteiger partial charge is 0.311 e. The average Bonchev–Trinajstić information content (AvgIpc) is 3.26. The lowest BCUT2D eigenvalue weighted by molar-refractivity contribution is -0.199. The molecule has 1 N–H and O–H groups in total. The minimum absolute atomic E-state index is 0.00838. The highest BCUT2D eigenvalue weighted by atomic mass is 32.1. The van der Waals surface area contributed by atoms with Crippen molar-refractivity contribution in [2.75, 3.05) is 6.54 Å². The highest BCUT2D eigenvalue weighted by Crippen LogP contribution is 2.45. The van der Waals surface area contributed by atoms with E-state index < -0.39 is 12.2 Å². The van der Waals surface area contributed by atoms with Crippen molar-refractivity contribution in [1.29, 1.82) is 0 Å². The summed E-state index contributed by atoms with van der Waals surface area (Å²) in [5.41, 5.74) is 2.41. The number of nitrogens with zero attached hydrogens (tertiary/aromatic N) is 3. The number of aryl methyl sites for hydroxylation is 1. The molecule has 2 saturated carbocycles. The highest BCUT2D eigenvalue weighted by Gasteiger charge is 2.62. The molecule has 0 spiro atoms. The molecule has 1 aromatic carbocycles. The van der Waals surface area contributed by atoms with Crippen molar-refractivity contribution in [3.63, 3.8) is 0 Å². The fourth-order valence-electron chi connectivity index (χ4n) is 6.74. The Morgan fingerprint density at radius 2 is 1.91 bits per heavy atom. The average molecular weight is 454 g/mol. The molecule has 0 radical (unpaired) electrons. The molecule has 2 bridgehead atoms. The second-order valence-electron chi connectivity index (χ2n) is 10.1. The van der Waals surface area contributed by atoms with E-state index in [0.717, 1.165) is 11.7 Å². The van der Waals surface area contributed by atoms with E-state index in [9.17, 15) is 9.90 Å². The van der Waals surface area contributed by atoms with Crippen molar-refractivity contribution in [1.82, 2.24) is 14.4 Å². The molecule has 0 unspecified atom stereocenters. The number of aromatic nitrogens is 1. The molecule has 170 valence electrons. The predicted octanol–water partition coefficient (Wildman–Crippen LogP) is 3.20. The third-order valence-corrected chi connectivity index (χ3v) is 8.71. The van der Waals surface area contributed by atoms with E-state index in [1.54, 1.807) is 0 Å². The Bertz CT molecular complexity index is 1060. The Hall–Kier alpha value is -2.12. The number of carbonyl (C=O) groups excluding carboxylic acids is 1. The standard InChI is InChI=1S/C25H31N3O3S/c1-26-13-16(17-9-5-6-10-19(17)26)14-28-22-21(18-11-20(29)23(22)31-24(18)30)27(25(28)32)12-15-7-3-2-4-8-15/h5-6,9-10,13,15,18,20-23,29H,2-4,7-8,11-12,14H2,1H3/t18-,20+,21+,22-,23-/m0/s1. The highest BCUT2D eigenvalue weighted by molar-refractivity contribution is 7.80. The van der Waals surface area contributed by atoms with E-state index in [1.165, 1.54) is 48.6 Å². The number of ether oxygens (including phenoxy) is 1. The van der Waals surface area contributed by atoms with Crippen molar-refractivity contribution in [3.05, 3.63) is 36.0 Å². The summed E-state index contributed by atoms with van der Waals surface area (Å²) in [5.74, 6) is 0.158. The van der Waals surface area contributed by atoms with Gasteiger partial charge in [-0.1, -0.05) is 37.5 Å². The molecule has 7 heteroatoms. The Balaban J connectivity index is 1.36. The third kappa shape index (κ3) is 3.08. The lowest BCUT2D eigenvalue weighted by Crippen LogP contribution is -2.66. The first-order chi connectivity index (χ1) is 15.5. The summed E-state index contributed by atoms with van der Waals surface area (Å²) in [6.45, 7) is 1.58. The lowest BCUT2D eigenvalue weighted by Gasteiger charge is -2.49. The maximum Gasteiger partial charge on any atom is 0.311 e. The first-order valence-corrected chi connectivity index (χ1v) is 12.4. The topological polar surface area (TPSA) is 57.9 Å². The molecular weight excluding hydrogens is 422 g/mol. The van der Waals surface area contributed by atoms with E-state index in [4.69, 9.17) is 17.0 Å². The zero-order chi connectivity index (χ0) is 22.0. The molecule has 5 aliphatic rings. The van der Waals surface area contributed by atoms with Gasteiger partial charge in [0.2, 0.25) is 0 Å². The fourth-order valence-corrected chi connectivity index (χ4v) is 7.12. The summed E-state index contributed by atoms with van der Waals surface area (Å²) in [7, 11) is 2.07. The van der Waals surface area contributed by atoms with Crippen LogP contribution >= 0.6 is 12.2 Å². The summed E-state index contributed by atoms with van der Waals surface area (Å²) in [4.78, 5) is 17.3. The zero-order valence-electron chi connectivity index (χ0n) is 18.5. The number of rotatable bonds is 4. The van der Waals surface area contributed by atoms with Gasteiger partial charge in [-0.15, -0.1) is 0 Å². The van der Waals surface area contributed by atoms with Gasteiger partial charge in [0.1, 0.15) is 6.10 Å². The van der Waals surface area contributed by atoms with Gasteiger partial charge < -0.3 is 24.2 Å². The van der Waals surface area contributed by atoms with Crippen molar-refractivity contribution in [2.24, 2.45) is 18.9 Å². The number of para-hydroxylation sites is 1. The molecule has 7 rings (SSSR count). The molecule has 4 heterocycles. The Kier molecular flexibility index (Phi) is 4.95. The van der Waals surface area contributed by atoms with E-state index in [2.05, 4.69) is 51.9 Å². The normalized spacial score (nSPS) is 32.6. The molecule has 3 saturated heterocycles. The van der Waals surface area contributed by atoms with Crippen LogP contribution in [0.1, 0.15) is 44.1 Å². The van der Waals surface area contributed by atoms with Crippen LogP contribution in [0.25, 0.3) is 10.9 Å². The van der Waals surface area contributed by atoms with Crippen LogP contribution in [0.3, 0.4) is 0 Å².